The van der Waals surface area contributed by atoms with Crippen LogP contribution in [0.25, 0.3) is 0 Å². The van der Waals surface area contributed by atoms with Gasteiger partial charge in [0.05, 0.1) is 12.3 Å². The smallest absolute Gasteiger partial charge is 0.214 e. The van der Waals surface area contributed by atoms with E-state index < -0.39 is 6.04 Å². The second kappa shape index (κ2) is 4.82. The number of ketones is 1. The average molecular weight is 181 g/mol. The SMILES string of the molecule is CCCCC(N)C(=O)c1ccco1. The molecule has 0 radical (unpaired) electrons. The fourth-order valence-electron chi connectivity index (χ4n) is 1.16. The summed E-state index contributed by atoms with van der Waals surface area (Å²) in [6.45, 7) is 2.07. The molecule has 1 unspecified atom stereocenters. The highest BCUT2D eigenvalue weighted by Crippen LogP contribution is 2.07. The van der Waals surface area contributed by atoms with Crippen LogP contribution in [0.15, 0.2) is 22.8 Å². The molecule has 3 nitrogen and oxygen atoms in total. The summed E-state index contributed by atoms with van der Waals surface area (Å²) in [6.07, 6.45) is 4.25. The zero-order valence-electron chi connectivity index (χ0n) is 7.82. The van der Waals surface area contributed by atoms with Crippen LogP contribution in [0.1, 0.15) is 36.7 Å². The third kappa shape index (κ3) is 2.70. The van der Waals surface area contributed by atoms with Gasteiger partial charge in [0.25, 0.3) is 0 Å². The summed E-state index contributed by atoms with van der Waals surface area (Å²) in [5.41, 5.74) is 5.68. The van der Waals surface area contributed by atoms with Gasteiger partial charge in [-0.25, -0.2) is 0 Å². The molecule has 1 heterocycles. The third-order valence-corrected chi connectivity index (χ3v) is 1.97. The summed E-state index contributed by atoms with van der Waals surface area (Å²) in [7, 11) is 0. The Morgan fingerprint density at radius 2 is 2.46 bits per heavy atom. The van der Waals surface area contributed by atoms with Crippen LogP contribution in [-0.2, 0) is 0 Å². The highest BCUT2D eigenvalue weighted by molar-refractivity contribution is 5.97. The zero-order valence-corrected chi connectivity index (χ0v) is 7.82. The molecule has 0 fully saturated rings. The molecule has 13 heavy (non-hydrogen) atoms. The molecule has 1 rings (SSSR count). The first-order valence-corrected chi connectivity index (χ1v) is 4.59. The number of furan rings is 1. The van der Waals surface area contributed by atoms with Gasteiger partial charge >= 0.3 is 0 Å². The van der Waals surface area contributed by atoms with E-state index in [0.717, 1.165) is 19.3 Å². The number of carbonyl (C=O) groups is 1. The molecule has 72 valence electrons. The van der Waals surface area contributed by atoms with Crippen LogP contribution in [0.3, 0.4) is 0 Å². The molecule has 1 aromatic heterocycles. The molecule has 1 atom stereocenters. The molecule has 0 aliphatic heterocycles. The number of Topliss-reactive ketones (excluding diaryl/α,β-unsaturated/α-hetero) is 1. The number of nitrogens with two attached hydrogens (primary N) is 1. The molecule has 0 bridgehead atoms. The van der Waals surface area contributed by atoms with Gasteiger partial charge in [0, 0.05) is 0 Å². The lowest BCUT2D eigenvalue weighted by molar-refractivity contribution is 0.0929. The minimum atomic E-state index is -0.411. The Morgan fingerprint density at radius 3 is 3.00 bits per heavy atom. The molecule has 2 N–H and O–H groups in total. The Labute approximate surface area is 77.9 Å². The molecule has 0 aliphatic rings. The second-order valence-corrected chi connectivity index (χ2v) is 3.09. The molecule has 0 aliphatic carbocycles. The predicted octanol–water partition coefficient (Wildman–Crippen LogP) is 1.98. The van der Waals surface area contributed by atoms with Crippen molar-refractivity contribution in [1.29, 1.82) is 0 Å². The van der Waals surface area contributed by atoms with Crippen molar-refractivity contribution >= 4 is 5.78 Å². The Kier molecular flexibility index (Phi) is 3.71. The van der Waals surface area contributed by atoms with E-state index in [1.54, 1.807) is 12.1 Å². The van der Waals surface area contributed by atoms with Gasteiger partial charge in [-0.05, 0) is 18.6 Å². The number of hydrogen-bond donors (Lipinski definition) is 1. The van der Waals surface area contributed by atoms with Gasteiger partial charge in [-0.1, -0.05) is 19.8 Å². The van der Waals surface area contributed by atoms with Crippen LogP contribution in [0.4, 0.5) is 0 Å². The maximum atomic E-state index is 11.5. The van der Waals surface area contributed by atoms with Gasteiger partial charge in [-0.15, -0.1) is 0 Å². The van der Waals surface area contributed by atoms with E-state index in [0.29, 0.717) is 5.76 Å². The molecular formula is C10H15NO2. The summed E-state index contributed by atoms with van der Waals surface area (Å²) in [6, 6.07) is 2.93. The molecular weight excluding hydrogens is 166 g/mol. The molecule has 3 heteroatoms. The molecule has 1 aromatic rings. The van der Waals surface area contributed by atoms with Crippen molar-refractivity contribution in [2.45, 2.75) is 32.2 Å². The van der Waals surface area contributed by atoms with E-state index in [1.165, 1.54) is 6.26 Å². The second-order valence-electron chi connectivity index (χ2n) is 3.09. The van der Waals surface area contributed by atoms with Crippen molar-refractivity contribution in [2.24, 2.45) is 5.73 Å². The Balaban J connectivity index is 2.48. The highest BCUT2D eigenvalue weighted by Gasteiger charge is 2.16. The molecule has 0 aromatic carbocycles. The predicted molar refractivity (Wildman–Crippen MR) is 50.5 cm³/mol. The van der Waals surface area contributed by atoms with Crippen molar-refractivity contribution in [3.05, 3.63) is 24.2 Å². The summed E-state index contributed by atoms with van der Waals surface area (Å²) in [4.78, 5) is 11.5. The van der Waals surface area contributed by atoms with Crippen LogP contribution >= 0.6 is 0 Å². The quantitative estimate of drug-likeness (QED) is 0.706. The minimum Gasteiger partial charge on any atom is -0.461 e. The van der Waals surface area contributed by atoms with Gasteiger partial charge in [0.15, 0.2) is 5.76 Å². The van der Waals surface area contributed by atoms with Gasteiger partial charge in [-0.3, -0.25) is 4.79 Å². The number of hydrogen-bond acceptors (Lipinski definition) is 3. The summed E-state index contributed by atoms with van der Waals surface area (Å²) in [5, 5.41) is 0. The Morgan fingerprint density at radius 1 is 1.69 bits per heavy atom. The van der Waals surface area contributed by atoms with Crippen LogP contribution < -0.4 is 5.73 Å². The van der Waals surface area contributed by atoms with Crippen molar-refractivity contribution in [1.82, 2.24) is 0 Å². The maximum absolute atomic E-state index is 11.5. The van der Waals surface area contributed by atoms with Crippen LogP contribution in [0.2, 0.25) is 0 Å². The summed E-state index contributed by atoms with van der Waals surface area (Å²) >= 11 is 0. The Bertz CT molecular complexity index is 254. The maximum Gasteiger partial charge on any atom is 0.214 e. The fourth-order valence-corrected chi connectivity index (χ4v) is 1.16. The topological polar surface area (TPSA) is 56.2 Å². The average Bonchev–Trinajstić information content (AvgIpc) is 2.65. The van der Waals surface area contributed by atoms with Gasteiger partial charge in [0.1, 0.15) is 0 Å². The normalized spacial score (nSPS) is 12.8. The lowest BCUT2D eigenvalue weighted by atomic mass is 10.1. The van der Waals surface area contributed by atoms with E-state index in [-0.39, 0.29) is 5.78 Å². The number of carbonyl (C=O) groups excluding carboxylic acids is 1. The first-order valence-electron chi connectivity index (χ1n) is 4.59. The van der Waals surface area contributed by atoms with E-state index in [4.69, 9.17) is 10.2 Å². The van der Waals surface area contributed by atoms with E-state index >= 15 is 0 Å². The minimum absolute atomic E-state index is 0.0987. The van der Waals surface area contributed by atoms with Crippen molar-refractivity contribution in [3.63, 3.8) is 0 Å². The van der Waals surface area contributed by atoms with Crippen molar-refractivity contribution in [3.8, 4) is 0 Å². The number of unbranched alkanes of at least 4 members (excludes halogenated alkanes) is 1. The number of rotatable bonds is 5. The van der Waals surface area contributed by atoms with Crippen LogP contribution in [0, 0.1) is 0 Å². The molecule has 0 saturated heterocycles. The van der Waals surface area contributed by atoms with Gasteiger partial charge in [0.2, 0.25) is 5.78 Å². The van der Waals surface area contributed by atoms with Gasteiger partial charge in [-0.2, -0.15) is 0 Å². The van der Waals surface area contributed by atoms with E-state index in [1.807, 2.05) is 0 Å². The highest BCUT2D eigenvalue weighted by atomic mass is 16.3. The lowest BCUT2D eigenvalue weighted by Crippen LogP contribution is -2.30. The van der Waals surface area contributed by atoms with E-state index in [2.05, 4.69) is 6.92 Å². The van der Waals surface area contributed by atoms with Crippen LogP contribution in [0.5, 0.6) is 0 Å². The summed E-state index contributed by atoms with van der Waals surface area (Å²) < 4.78 is 4.97. The van der Waals surface area contributed by atoms with Gasteiger partial charge < -0.3 is 10.2 Å². The molecule has 0 saturated carbocycles. The lowest BCUT2D eigenvalue weighted by Gasteiger charge is -2.06. The van der Waals surface area contributed by atoms with E-state index in [9.17, 15) is 4.79 Å². The standard InChI is InChI=1S/C10H15NO2/c1-2-3-5-8(11)10(12)9-6-4-7-13-9/h4,6-8H,2-3,5,11H2,1H3. The Hall–Kier alpha value is -1.09. The van der Waals surface area contributed by atoms with Crippen molar-refractivity contribution < 1.29 is 9.21 Å². The summed E-state index contributed by atoms with van der Waals surface area (Å²) in [5.74, 6) is 0.266. The first kappa shape index (κ1) is 9.99. The molecule has 0 spiro atoms. The van der Waals surface area contributed by atoms with Crippen molar-refractivity contribution in [2.75, 3.05) is 0 Å². The zero-order chi connectivity index (χ0) is 9.68. The fraction of sp³-hybridized carbons (Fsp3) is 0.500. The van der Waals surface area contributed by atoms with Crippen LogP contribution in [-0.4, -0.2) is 11.8 Å². The monoisotopic (exact) mass is 181 g/mol. The first-order chi connectivity index (χ1) is 6.25. The molecule has 0 amide bonds. The third-order valence-electron chi connectivity index (χ3n) is 1.97. The largest absolute Gasteiger partial charge is 0.461 e.